The molecule has 1 aromatic rings. The van der Waals surface area contributed by atoms with Crippen molar-refractivity contribution in [3.63, 3.8) is 0 Å². The summed E-state index contributed by atoms with van der Waals surface area (Å²) in [6, 6.07) is 1.28. The van der Waals surface area contributed by atoms with Crippen LogP contribution in [0.2, 0.25) is 0 Å². The molecule has 0 amide bonds. The summed E-state index contributed by atoms with van der Waals surface area (Å²) in [4.78, 5) is 3.27. The Morgan fingerprint density at radius 3 is 2.54 bits per heavy atom. The summed E-state index contributed by atoms with van der Waals surface area (Å²) < 4.78 is 37.2. The maximum Gasteiger partial charge on any atom is 0.269 e. The molecule has 0 aliphatic carbocycles. The van der Waals surface area contributed by atoms with Crippen LogP contribution >= 0.6 is 27.5 Å². The van der Waals surface area contributed by atoms with Crippen LogP contribution in [0, 0.1) is 5.95 Å². The van der Waals surface area contributed by atoms with Crippen molar-refractivity contribution in [3.05, 3.63) is 27.7 Å². The average Bonchev–Trinajstić information content (AvgIpc) is 2.02. The Kier molecular flexibility index (Phi) is 3.55. The Morgan fingerprint density at radius 2 is 2.15 bits per heavy atom. The zero-order valence-electron chi connectivity index (χ0n) is 6.20. The van der Waals surface area contributed by atoms with Crippen molar-refractivity contribution in [1.29, 1.82) is 0 Å². The van der Waals surface area contributed by atoms with Gasteiger partial charge in [-0.3, -0.25) is 0 Å². The number of alkyl halides is 3. The van der Waals surface area contributed by atoms with E-state index in [-0.39, 0.29) is 16.0 Å². The molecule has 1 aromatic heterocycles. The maximum absolute atomic E-state index is 12.9. The predicted octanol–water partition coefficient (Wildman–Crippen LogP) is 3.66. The minimum atomic E-state index is -2.88. The van der Waals surface area contributed by atoms with E-state index in [1.807, 2.05) is 0 Å². The van der Waals surface area contributed by atoms with E-state index in [0.29, 0.717) is 0 Å². The monoisotopic (exact) mass is 273 g/mol. The van der Waals surface area contributed by atoms with Gasteiger partial charge in [0.2, 0.25) is 5.95 Å². The van der Waals surface area contributed by atoms with E-state index in [1.165, 1.54) is 6.07 Å². The first-order chi connectivity index (χ1) is 6.06. The molecule has 13 heavy (non-hydrogen) atoms. The molecule has 0 unspecified atom stereocenters. The molecule has 0 aliphatic rings. The summed E-state index contributed by atoms with van der Waals surface area (Å²) in [5, 5.41) is 0. The van der Waals surface area contributed by atoms with Crippen LogP contribution in [-0.4, -0.2) is 4.98 Å². The van der Waals surface area contributed by atoms with E-state index < -0.39 is 17.9 Å². The number of hydrogen-bond donors (Lipinski definition) is 0. The highest BCUT2D eigenvalue weighted by molar-refractivity contribution is 9.10. The maximum atomic E-state index is 12.9. The van der Waals surface area contributed by atoms with Gasteiger partial charge in [0.1, 0.15) is 0 Å². The van der Waals surface area contributed by atoms with Crippen molar-refractivity contribution in [1.82, 2.24) is 4.98 Å². The van der Waals surface area contributed by atoms with E-state index in [1.54, 1.807) is 0 Å². The van der Waals surface area contributed by atoms with Crippen LogP contribution in [-0.2, 0) is 5.88 Å². The van der Waals surface area contributed by atoms with Gasteiger partial charge in [0.15, 0.2) is 0 Å². The second kappa shape index (κ2) is 4.28. The third-order valence-corrected chi connectivity index (χ3v) is 2.30. The van der Waals surface area contributed by atoms with E-state index in [2.05, 4.69) is 20.9 Å². The summed E-state index contributed by atoms with van der Waals surface area (Å²) >= 11 is 8.19. The van der Waals surface area contributed by atoms with E-state index in [4.69, 9.17) is 11.6 Å². The van der Waals surface area contributed by atoms with Crippen molar-refractivity contribution in [2.24, 2.45) is 0 Å². The minimum absolute atomic E-state index is 0.00866. The fourth-order valence-corrected chi connectivity index (χ4v) is 1.54. The van der Waals surface area contributed by atoms with Crippen molar-refractivity contribution >= 4 is 27.5 Å². The van der Waals surface area contributed by atoms with Crippen molar-refractivity contribution < 1.29 is 13.2 Å². The Bertz CT molecular complexity index is 296. The topological polar surface area (TPSA) is 12.9 Å². The molecule has 0 saturated carbocycles. The molecule has 1 nitrogen and oxygen atoms in total. The molecular weight excluding hydrogens is 270 g/mol. The summed E-state index contributed by atoms with van der Waals surface area (Å²) in [5.41, 5.74) is -0.510. The molecule has 6 heteroatoms. The average molecular weight is 274 g/mol. The highest BCUT2D eigenvalue weighted by atomic mass is 79.9. The van der Waals surface area contributed by atoms with Crippen molar-refractivity contribution in [3.8, 4) is 0 Å². The largest absolute Gasteiger partial charge is 0.269 e. The van der Waals surface area contributed by atoms with Gasteiger partial charge in [0, 0.05) is 4.47 Å². The molecule has 0 saturated heterocycles. The number of aromatic nitrogens is 1. The Labute approximate surface area is 86.0 Å². The van der Waals surface area contributed by atoms with Crippen LogP contribution in [0.4, 0.5) is 13.2 Å². The van der Waals surface area contributed by atoms with Gasteiger partial charge in [-0.25, -0.2) is 13.8 Å². The highest BCUT2D eigenvalue weighted by Gasteiger charge is 2.19. The van der Waals surface area contributed by atoms with Crippen LogP contribution < -0.4 is 0 Å². The number of pyridine rings is 1. The standard InChI is InChI=1S/C7H4BrClF3N/c8-4-1-3(2-9)13-7(12)5(4)6(10)11/h1,6H,2H2. The molecule has 0 aliphatic heterocycles. The fourth-order valence-electron chi connectivity index (χ4n) is 0.804. The lowest BCUT2D eigenvalue weighted by Gasteiger charge is -2.05. The summed E-state index contributed by atoms with van der Waals surface area (Å²) in [6.45, 7) is 0. The van der Waals surface area contributed by atoms with Crippen LogP contribution in [0.1, 0.15) is 17.7 Å². The second-order valence-corrected chi connectivity index (χ2v) is 3.36. The molecule has 0 radical (unpaired) electrons. The van der Waals surface area contributed by atoms with Gasteiger partial charge in [-0.15, -0.1) is 11.6 Å². The van der Waals surface area contributed by atoms with Gasteiger partial charge in [-0.1, -0.05) is 15.9 Å². The number of hydrogen-bond acceptors (Lipinski definition) is 1. The number of rotatable bonds is 2. The van der Waals surface area contributed by atoms with Gasteiger partial charge in [0.25, 0.3) is 6.43 Å². The second-order valence-electron chi connectivity index (χ2n) is 2.23. The molecule has 0 spiro atoms. The first-order valence-corrected chi connectivity index (χ1v) is 4.58. The molecule has 72 valence electrons. The van der Waals surface area contributed by atoms with Gasteiger partial charge in [-0.05, 0) is 6.07 Å². The van der Waals surface area contributed by atoms with Crippen molar-refractivity contribution in [2.45, 2.75) is 12.3 Å². The first kappa shape index (κ1) is 10.8. The Balaban J connectivity index is 3.23. The molecule has 0 bridgehead atoms. The molecular formula is C7H4BrClF3N. The number of halogens is 5. The van der Waals surface area contributed by atoms with Gasteiger partial charge < -0.3 is 0 Å². The van der Waals surface area contributed by atoms with Gasteiger partial charge in [0.05, 0.1) is 17.1 Å². The fraction of sp³-hybridized carbons (Fsp3) is 0.286. The van der Waals surface area contributed by atoms with Crippen LogP contribution in [0.15, 0.2) is 10.5 Å². The third-order valence-electron chi connectivity index (χ3n) is 1.37. The third kappa shape index (κ3) is 2.34. The van der Waals surface area contributed by atoms with E-state index >= 15 is 0 Å². The molecule has 0 aromatic carbocycles. The molecule has 1 rings (SSSR count). The molecule has 0 N–H and O–H groups in total. The minimum Gasteiger partial charge on any atom is -0.223 e. The lowest BCUT2D eigenvalue weighted by atomic mass is 10.2. The molecule has 0 fully saturated rings. The quantitative estimate of drug-likeness (QED) is 0.592. The molecule has 1 heterocycles. The Morgan fingerprint density at radius 1 is 1.54 bits per heavy atom. The van der Waals surface area contributed by atoms with Gasteiger partial charge in [-0.2, -0.15) is 4.39 Å². The van der Waals surface area contributed by atoms with E-state index in [0.717, 1.165) is 0 Å². The van der Waals surface area contributed by atoms with Crippen molar-refractivity contribution in [2.75, 3.05) is 0 Å². The summed E-state index contributed by atoms with van der Waals surface area (Å²) in [6.07, 6.45) is -2.88. The number of nitrogens with zero attached hydrogens (tertiary/aromatic N) is 1. The zero-order chi connectivity index (χ0) is 10.0. The van der Waals surface area contributed by atoms with Crippen LogP contribution in [0.5, 0.6) is 0 Å². The lowest BCUT2D eigenvalue weighted by Crippen LogP contribution is -1.99. The normalized spacial score (nSPS) is 10.9. The zero-order valence-corrected chi connectivity index (χ0v) is 8.54. The smallest absolute Gasteiger partial charge is 0.223 e. The predicted molar refractivity (Wildman–Crippen MR) is 46.4 cm³/mol. The summed E-state index contributed by atoms with van der Waals surface area (Å²) in [7, 11) is 0. The van der Waals surface area contributed by atoms with Crippen LogP contribution in [0.25, 0.3) is 0 Å². The Hall–Kier alpha value is -0.290. The van der Waals surface area contributed by atoms with Gasteiger partial charge >= 0.3 is 0 Å². The first-order valence-electron chi connectivity index (χ1n) is 3.25. The van der Waals surface area contributed by atoms with E-state index in [9.17, 15) is 13.2 Å². The highest BCUT2D eigenvalue weighted by Crippen LogP contribution is 2.29. The summed E-state index contributed by atoms with van der Waals surface area (Å²) in [5.74, 6) is -1.20. The molecule has 0 atom stereocenters. The SMILES string of the molecule is Fc1nc(CCl)cc(Br)c1C(F)F. The van der Waals surface area contributed by atoms with Crippen LogP contribution in [0.3, 0.4) is 0 Å². The lowest BCUT2D eigenvalue weighted by molar-refractivity contribution is 0.144.